The summed E-state index contributed by atoms with van der Waals surface area (Å²) in [5.41, 5.74) is 2.23. The van der Waals surface area contributed by atoms with Crippen LogP contribution in [-0.4, -0.2) is 18.6 Å². The monoisotopic (exact) mass is 228 g/mol. The maximum absolute atomic E-state index is 5.74. The molecular weight excluding hydrogens is 212 g/mol. The largest absolute Gasteiger partial charge is 0.457 e. The van der Waals surface area contributed by atoms with E-state index < -0.39 is 0 Å². The normalized spacial score (nSPS) is 11.8. The van der Waals surface area contributed by atoms with E-state index in [2.05, 4.69) is 17.2 Å². The standard InChI is InChI=1S/C14H16N2O/c1-11(9-15-2)8-13-5-6-14(17-13)12-4-3-7-16-10-12/h3-8,10,15H,9H2,1-2H3. The highest BCUT2D eigenvalue weighted by Crippen LogP contribution is 2.22. The Bertz CT molecular complexity index is 500. The highest BCUT2D eigenvalue weighted by atomic mass is 16.3. The first-order valence-electron chi connectivity index (χ1n) is 5.61. The summed E-state index contributed by atoms with van der Waals surface area (Å²) in [5.74, 6) is 1.72. The minimum atomic E-state index is 0.849. The van der Waals surface area contributed by atoms with Gasteiger partial charge in [0.15, 0.2) is 0 Å². The molecule has 0 unspecified atom stereocenters. The maximum atomic E-state index is 5.74. The predicted molar refractivity (Wildman–Crippen MR) is 69.5 cm³/mol. The smallest absolute Gasteiger partial charge is 0.136 e. The van der Waals surface area contributed by atoms with Gasteiger partial charge >= 0.3 is 0 Å². The fourth-order valence-electron chi connectivity index (χ4n) is 1.67. The van der Waals surface area contributed by atoms with Gasteiger partial charge in [-0.3, -0.25) is 4.98 Å². The van der Waals surface area contributed by atoms with Crippen LogP contribution in [0.4, 0.5) is 0 Å². The molecule has 1 N–H and O–H groups in total. The molecule has 0 saturated heterocycles. The first kappa shape index (κ1) is 11.6. The number of nitrogens with one attached hydrogen (secondary N) is 1. The third-order valence-electron chi connectivity index (χ3n) is 2.42. The quantitative estimate of drug-likeness (QED) is 0.874. The fourth-order valence-corrected chi connectivity index (χ4v) is 1.67. The van der Waals surface area contributed by atoms with E-state index in [0.29, 0.717) is 0 Å². The molecule has 3 heteroatoms. The zero-order valence-corrected chi connectivity index (χ0v) is 10.1. The molecule has 0 aliphatic carbocycles. The van der Waals surface area contributed by atoms with Gasteiger partial charge in [-0.2, -0.15) is 0 Å². The zero-order valence-electron chi connectivity index (χ0n) is 10.1. The minimum Gasteiger partial charge on any atom is -0.457 e. The number of hydrogen-bond acceptors (Lipinski definition) is 3. The summed E-state index contributed by atoms with van der Waals surface area (Å²) in [6.07, 6.45) is 5.59. The van der Waals surface area contributed by atoms with Gasteiger partial charge in [-0.25, -0.2) is 0 Å². The van der Waals surface area contributed by atoms with E-state index in [9.17, 15) is 0 Å². The van der Waals surface area contributed by atoms with Crippen LogP contribution >= 0.6 is 0 Å². The molecule has 0 spiro atoms. The summed E-state index contributed by atoms with van der Waals surface area (Å²) in [5, 5.41) is 3.11. The van der Waals surface area contributed by atoms with Gasteiger partial charge < -0.3 is 9.73 Å². The van der Waals surface area contributed by atoms with E-state index >= 15 is 0 Å². The second kappa shape index (κ2) is 5.46. The fraction of sp³-hybridized carbons (Fsp3) is 0.214. The van der Waals surface area contributed by atoms with Crippen LogP contribution in [0, 0.1) is 0 Å². The van der Waals surface area contributed by atoms with Gasteiger partial charge in [-0.15, -0.1) is 0 Å². The summed E-state index contributed by atoms with van der Waals surface area (Å²) in [7, 11) is 1.93. The Hall–Kier alpha value is -1.87. The lowest BCUT2D eigenvalue weighted by atomic mass is 10.2. The Kier molecular flexibility index (Phi) is 3.73. The van der Waals surface area contributed by atoms with E-state index in [4.69, 9.17) is 4.42 Å². The van der Waals surface area contributed by atoms with Gasteiger partial charge in [0.2, 0.25) is 0 Å². The predicted octanol–water partition coefficient (Wildman–Crippen LogP) is 2.96. The molecule has 0 saturated carbocycles. The molecule has 0 amide bonds. The van der Waals surface area contributed by atoms with Crippen molar-refractivity contribution in [2.24, 2.45) is 0 Å². The molecule has 0 aromatic carbocycles. The van der Waals surface area contributed by atoms with Gasteiger partial charge in [0.05, 0.1) is 0 Å². The second-order valence-corrected chi connectivity index (χ2v) is 3.96. The van der Waals surface area contributed by atoms with Crippen LogP contribution in [0.2, 0.25) is 0 Å². The molecule has 0 atom stereocenters. The van der Waals surface area contributed by atoms with E-state index in [-0.39, 0.29) is 0 Å². The van der Waals surface area contributed by atoms with Crippen molar-refractivity contribution in [3.05, 3.63) is 48.0 Å². The number of hydrogen-bond donors (Lipinski definition) is 1. The molecule has 2 rings (SSSR count). The van der Waals surface area contributed by atoms with E-state index in [1.807, 2.05) is 37.4 Å². The number of nitrogens with zero attached hydrogens (tertiary/aromatic N) is 1. The molecular formula is C14H16N2O. The molecule has 88 valence electrons. The summed E-state index contributed by atoms with van der Waals surface area (Å²) in [6.45, 7) is 2.94. The highest BCUT2D eigenvalue weighted by molar-refractivity contribution is 5.59. The van der Waals surface area contributed by atoms with E-state index in [1.54, 1.807) is 12.4 Å². The van der Waals surface area contributed by atoms with Gasteiger partial charge in [-0.05, 0) is 44.3 Å². The number of rotatable bonds is 4. The van der Waals surface area contributed by atoms with Gasteiger partial charge in [0.25, 0.3) is 0 Å². The van der Waals surface area contributed by atoms with Crippen molar-refractivity contribution in [1.29, 1.82) is 0 Å². The highest BCUT2D eigenvalue weighted by Gasteiger charge is 2.02. The Balaban J connectivity index is 2.19. The Labute approximate surface area is 101 Å². The van der Waals surface area contributed by atoms with Crippen LogP contribution in [0.15, 0.2) is 46.6 Å². The topological polar surface area (TPSA) is 38.1 Å². The summed E-state index contributed by atoms with van der Waals surface area (Å²) in [4.78, 5) is 4.08. The van der Waals surface area contributed by atoms with Crippen LogP contribution in [0.25, 0.3) is 17.4 Å². The molecule has 3 nitrogen and oxygen atoms in total. The van der Waals surface area contributed by atoms with Crippen molar-refractivity contribution in [3.8, 4) is 11.3 Å². The number of furan rings is 1. The molecule has 0 fully saturated rings. The molecule has 0 aliphatic rings. The van der Waals surface area contributed by atoms with Crippen molar-refractivity contribution in [3.63, 3.8) is 0 Å². The van der Waals surface area contributed by atoms with E-state index in [0.717, 1.165) is 23.6 Å². The number of likely N-dealkylation sites (N-methyl/N-ethyl adjacent to an activating group) is 1. The molecule has 2 aromatic heterocycles. The minimum absolute atomic E-state index is 0.849. The molecule has 0 bridgehead atoms. The van der Waals surface area contributed by atoms with Gasteiger partial charge in [0, 0.05) is 24.5 Å². The van der Waals surface area contributed by atoms with Crippen molar-refractivity contribution in [2.75, 3.05) is 13.6 Å². The van der Waals surface area contributed by atoms with Crippen molar-refractivity contribution >= 4 is 6.08 Å². The first-order chi connectivity index (χ1) is 8.29. The average molecular weight is 228 g/mol. The van der Waals surface area contributed by atoms with Crippen LogP contribution < -0.4 is 5.32 Å². The molecule has 2 heterocycles. The van der Waals surface area contributed by atoms with Gasteiger partial charge in [0.1, 0.15) is 11.5 Å². The van der Waals surface area contributed by atoms with Gasteiger partial charge in [-0.1, -0.05) is 5.57 Å². The lowest BCUT2D eigenvalue weighted by Gasteiger charge is -1.97. The Morgan fingerprint density at radius 2 is 2.29 bits per heavy atom. The maximum Gasteiger partial charge on any atom is 0.136 e. The number of aromatic nitrogens is 1. The molecule has 2 aromatic rings. The number of pyridine rings is 1. The van der Waals surface area contributed by atoms with Crippen molar-refractivity contribution < 1.29 is 4.42 Å². The average Bonchev–Trinajstić information content (AvgIpc) is 2.79. The molecule has 0 radical (unpaired) electrons. The molecule has 0 aliphatic heterocycles. The Morgan fingerprint density at radius 3 is 3.00 bits per heavy atom. The lowest BCUT2D eigenvalue weighted by Crippen LogP contribution is -2.08. The van der Waals surface area contributed by atoms with Crippen LogP contribution in [0.3, 0.4) is 0 Å². The van der Waals surface area contributed by atoms with Crippen LogP contribution in [-0.2, 0) is 0 Å². The van der Waals surface area contributed by atoms with Crippen molar-refractivity contribution in [1.82, 2.24) is 10.3 Å². The third kappa shape index (κ3) is 3.04. The molecule has 17 heavy (non-hydrogen) atoms. The SMILES string of the molecule is CNCC(C)=Cc1ccc(-c2cccnc2)o1. The first-order valence-corrected chi connectivity index (χ1v) is 5.61. The second-order valence-electron chi connectivity index (χ2n) is 3.96. The summed E-state index contributed by atoms with van der Waals surface area (Å²) in [6, 6.07) is 7.83. The van der Waals surface area contributed by atoms with E-state index in [1.165, 1.54) is 5.57 Å². The van der Waals surface area contributed by atoms with Crippen LogP contribution in [0.5, 0.6) is 0 Å². The van der Waals surface area contributed by atoms with Crippen LogP contribution in [0.1, 0.15) is 12.7 Å². The Morgan fingerprint density at radius 1 is 1.41 bits per heavy atom. The van der Waals surface area contributed by atoms with Crippen molar-refractivity contribution in [2.45, 2.75) is 6.92 Å². The zero-order chi connectivity index (χ0) is 12.1. The summed E-state index contributed by atoms with van der Waals surface area (Å²) >= 11 is 0. The lowest BCUT2D eigenvalue weighted by molar-refractivity contribution is 0.571. The summed E-state index contributed by atoms with van der Waals surface area (Å²) < 4.78 is 5.74. The third-order valence-corrected chi connectivity index (χ3v) is 2.42.